The van der Waals surface area contributed by atoms with Gasteiger partial charge in [-0.15, -0.1) is 0 Å². The third kappa shape index (κ3) is 2.91. The lowest BCUT2D eigenvalue weighted by Crippen LogP contribution is -2.49. The molecule has 2 saturated heterocycles. The number of carbonyl (C=O) groups is 1. The number of nitrogens with one attached hydrogen (secondary N) is 1. The number of aromatic nitrogens is 1. The van der Waals surface area contributed by atoms with Crippen molar-refractivity contribution in [1.29, 1.82) is 0 Å². The van der Waals surface area contributed by atoms with E-state index < -0.39 is 0 Å². The smallest absolute Gasteiger partial charge is 0.266 e. The van der Waals surface area contributed by atoms with Gasteiger partial charge in [0.25, 0.3) is 10.7 Å². The average molecular weight is 334 g/mol. The fourth-order valence-corrected chi connectivity index (χ4v) is 3.44. The van der Waals surface area contributed by atoms with E-state index >= 15 is 0 Å². The predicted octanol–water partition coefficient (Wildman–Crippen LogP) is 2.51. The van der Waals surface area contributed by atoms with Crippen molar-refractivity contribution in [2.45, 2.75) is 25.0 Å². The number of amides is 1. The third-order valence-corrected chi connectivity index (χ3v) is 4.61. The number of aromatic amines is 1. The monoisotopic (exact) mass is 334 g/mol. The van der Waals surface area contributed by atoms with Crippen LogP contribution >= 0.6 is 12.2 Å². The molecule has 0 aliphatic carbocycles. The Balaban J connectivity index is 1.53. The number of ether oxygens (including phenoxy) is 2. The first kappa shape index (κ1) is 14.9. The molecule has 0 spiro atoms. The lowest BCUT2D eigenvalue weighted by Gasteiger charge is -2.35. The number of hydrogen-bond donors (Lipinski definition) is 1. The van der Waals surface area contributed by atoms with Crippen molar-refractivity contribution in [1.82, 2.24) is 9.88 Å². The molecule has 2 fully saturated rings. The van der Waals surface area contributed by atoms with Gasteiger partial charge in [0.05, 0.1) is 18.2 Å². The standard InChI is InChI=1S/C16H18N2O4S/c19-15(10-3-4-11-13(8-10)22-16(23)17-11)18-5-7-21-14(9-18)12-2-1-6-20-12/h3-4,8,12,14H,1-2,5-7,9H2,(H,17,23). The number of H-pyrrole nitrogens is 1. The highest BCUT2D eigenvalue weighted by molar-refractivity contribution is 7.71. The van der Waals surface area contributed by atoms with Gasteiger partial charge in [-0.2, -0.15) is 0 Å². The second-order valence-electron chi connectivity index (χ2n) is 5.94. The van der Waals surface area contributed by atoms with Crippen LogP contribution in [0.3, 0.4) is 0 Å². The van der Waals surface area contributed by atoms with Gasteiger partial charge in [0.15, 0.2) is 5.58 Å². The molecule has 0 radical (unpaired) electrons. The topological polar surface area (TPSA) is 67.7 Å². The zero-order valence-corrected chi connectivity index (χ0v) is 13.4. The van der Waals surface area contributed by atoms with Crippen molar-refractivity contribution in [3.8, 4) is 0 Å². The van der Waals surface area contributed by atoms with Crippen molar-refractivity contribution in [3.05, 3.63) is 28.6 Å². The average Bonchev–Trinajstić information content (AvgIpc) is 3.22. The molecule has 0 saturated carbocycles. The van der Waals surface area contributed by atoms with Crippen LogP contribution < -0.4 is 0 Å². The van der Waals surface area contributed by atoms with Crippen LogP contribution in [0.15, 0.2) is 22.6 Å². The van der Waals surface area contributed by atoms with Gasteiger partial charge in [-0.25, -0.2) is 0 Å². The molecule has 1 N–H and O–H groups in total. The Hall–Kier alpha value is -1.70. The van der Waals surface area contributed by atoms with E-state index in [1.165, 1.54) is 0 Å². The molecular formula is C16H18N2O4S. The molecule has 2 aromatic rings. The maximum atomic E-state index is 12.8. The first-order chi connectivity index (χ1) is 11.2. The van der Waals surface area contributed by atoms with Crippen molar-refractivity contribution in [2.75, 3.05) is 26.3 Å². The van der Waals surface area contributed by atoms with Gasteiger partial charge in [-0.1, -0.05) is 0 Å². The summed E-state index contributed by atoms with van der Waals surface area (Å²) in [6, 6.07) is 5.35. The van der Waals surface area contributed by atoms with Crippen LogP contribution in [-0.4, -0.2) is 54.3 Å². The molecule has 7 heteroatoms. The number of morpholine rings is 1. The zero-order chi connectivity index (χ0) is 15.8. The minimum absolute atomic E-state index is 0.0134. The number of oxazole rings is 1. The second kappa shape index (κ2) is 6.07. The summed E-state index contributed by atoms with van der Waals surface area (Å²) in [5.74, 6) is -0.0134. The van der Waals surface area contributed by atoms with E-state index in [4.69, 9.17) is 26.1 Å². The highest BCUT2D eigenvalue weighted by Crippen LogP contribution is 2.23. The van der Waals surface area contributed by atoms with E-state index in [0.717, 1.165) is 25.0 Å². The third-order valence-electron chi connectivity index (χ3n) is 4.43. The first-order valence-corrected chi connectivity index (χ1v) is 8.27. The Labute approximate surface area is 138 Å². The lowest BCUT2D eigenvalue weighted by molar-refractivity contribution is -0.0867. The summed E-state index contributed by atoms with van der Waals surface area (Å²) in [5, 5.41) is 0. The van der Waals surface area contributed by atoms with Crippen LogP contribution in [0.5, 0.6) is 0 Å². The number of benzene rings is 1. The summed E-state index contributed by atoms with van der Waals surface area (Å²) >= 11 is 4.98. The Morgan fingerprint density at radius 1 is 1.26 bits per heavy atom. The lowest BCUT2D eigenvalue weighted by atomic mass is 10.1. The molecule has 2 unspecified atom stereocenters. The summed E-state index contributed by atoms with van der Waals surface area (Å²) in [4.78, 5) is 17.8. The Morgan fingerprint density at radius 2 is 2.13 bits per heavy atom. The Bertz CT molecular complexity index is 778. The van der Waals surface area contributed by atoms with Crippen LogP contribution in [0.1, 0.15) is 23.2 Å². The van der Waals surface area contributed by atoms with E-state index in [1.54, 1.807) is 12.1 Å². The van der Waals surface area contributed by atoms with Gasteiger partial charge in [0.2, 0.25) is 0 Å². The Kier molecular flexibility index (Phi) is 3.92. The maximum absolute atomic E-state index is 12.8. The molecule has 2 aliphatic rings. The largest absolute Gasteiger partial charge is 0.429 e. The summed E-state index contributed by atoms with van der Waals surface area (Å²) in [5.41, 5.74) is 2.00. The maximum Gasteiger partial charge on any atom is 0.266 e. The summed E-state index contributed by atoms with van der Waals surface area (Å²) in [7, 11) is 0. The summed E-state index contributed by atoms with van der Waals surface area (Å²) < 4.78 is 16.9. The highest BCUT2D eigenvalue weighted by Gasteiger charge is 2.33. The first-order valence-electron chi connectivity index (χ1n) is 7.86. The van der Waals surface area contributed by atoms with E-state index in [9.17, 15) is 4.79 Å². The van der Waals surface area contributed by atoms with E-state index in [2.05, 4.69) is 4.98 Å². The summed E-state index contributed by atoms with van der Waals surface area (Å²) in [6.45, 7) is 2.49. The SMILES string of the molecule is O=C(c1ccc2[nH]c(=S)oc2c1)N1CCOC(C2CCCO2)C1. The van der Waals surface area contributed by atoms with Gasteiger partial charge < -0.3 is 23.8 Å². The van der Waals surface area contributed by atoms with Crippen LogP contribution in [0.4, 0.5) is 0 Å². The van der Waals surface area contributed by atoms with E-state index in [-0.39, 0.29) is 18.1 Å². The van der Waals surface area contributed by atoms with E-state index in [0.29, 0.717) is 35.7 Å². The minimum Gasteiger partial charge on any atom is -0.429 e. The van der Waals surface area contributed by atoms with Crippen molar-refractivity contribution in [3.63, 3.8) is 0 Å². The molecule has 6 nitrogen and oxygen atoms in total. The van der Waals surface area contributed by atoms with Gasteiger partial charge in [-0.05, 0) is 43.3 Å². The molecule has 2 aliphatic heterocycles. The molecule has 1 aromatic heterocycles. The molecule has 4 rings (SSSR count). The minimum atomic E-state index is -0.0323. The molecule has 1 aromatic carbocycles. The molecule has 2 atom stereocenters. The van der Waals surface area contributed by atoms with Crippen LogP contribution in [0, 0.1) is 4.84 Å². The Morgan fingerprint density at radius 3 is 2.96 bits per heavy atom. The zero-order valence-electron chi connectivity index (χ0n) is 12.6. The number of rotatable bonds is 2. The van der Waals surface area contributed by atoms with Crippen LogP contribution in [0.2, 0.25) is 0 Å². The number of hydrogen-bond acceptors (Lipinski definition) is 5. The van der Waals surface area contributed by atoms with Crippen molar-refractivity contribution in [2.24, 2.45) is 0 Å². The second-order valence-corrected chi connectivity index (χ2v) is 6.31. The molecule has 23 heavy (non-hydrogen) atoms. The molecule has 1 amide bonds. The number of nitrogens with zero attached hydrogens (tertiary/aromatic N) is 1. The van der Waals surface area contributed by atoms with Crippen molar-refractivity contribution >= 4 is 29.2 Å². The quantitative estimate of drug-likeness (QED) is 0.855. The fraction of sp³-hybridized carbons (Fsp3) is 0.500. The number of carbonyl (C=O) groups excluding carboxylic acids is 1. The van der Waals surface area contributed by atoms with Gasteiger partial charge in [0.1, 0.15) is 6.10 Å². The number of fused-ring (bicyclic) bond motifs is 1. The fourth-order valence-electron chi connectivity index (χ4n) is 3.24. The van der Waals surface area contributed by atoms with Crippen LogP contribution in [-0.2, 0) is 9.47 Å². The summed E-state index contributed by atoms with van der Waals surface area (Å²) in [6.07, 6.45) is 2.14. The predicted molar refractivity (Wildman–Crippen MR) is 86.0 cm³/mol. The highest BCUT2D eigenvalue weighted by atomic mass is 32.1. The van der Waals surface area contributed by atoms with Gasteiger partial charge >= 0.3 is 0 Å². The normalized spacial score (nSPS) is 25.1. The van der Waals surface area contributed by atoms with Crippen molar-refractivity contribution < 1.29 is 18.7 Å². The van der Waals surface area contributed by atoms with E-state index in [1.807, 2.05) is 11.0 Å². The molecule has 3 heterocycles. The molecular weight excluding hydrogens is 316 g/mol. The molecule has 122 valence electrons. The van der Waals surface area contributed by atoms with Gasteiger partial charge in [-0.3, -0.25) is 4.79 Å². The molecule has 0 bridgehead atoms. The van der Waals surface area contributed by atoms with Gasteiger partial charge in [0, 0.05) is 25.3 Å². The van der Waals surface area contributed by atoms with Crippen LogP contribution in [0.25, 0.3) is 11.1 Å².